The van der Waals surface area contributed by atoms with Crippen LogP contribution in [0.15, 0.2) is 0 Å². The average molecular weight is 284 g/mol. The van der Waals surface area contributed by atoms with E-state index in [1.165, 1.54) is 44.9 Å². The van der Waals surface area contributed by atoms with Gasteiger partial charge < -0.3 is 9.47 Å². The Labute approximate surface area is 126 Å². The second-order valence-electron chi connectivity index (χ2n) is 7.44. The van der Waals surface area contributed by atoms with E-state index in [0.29, 0.717) is 12.0 Å². The standard InChI is InChI=1S/C18H36O2/c1-6-7-8-9-10-11-12-13-16-19-14-18(4,5)17(20-16)15(2)3/h15-17H,6-14H2,1-5H3/t16-,17-/m1/s1. The molecule has 120 valence electrons. The molecule has 2 atom stereocenters. The van der Waals surface area contributed by atoms with Crippen LogP contribution >= 0.6 is 0 Å². The molecule has 1 rings (SSSR count). The maximum atomic E-state index is 6.19. The van der Waals surface area contributed by atoms with Crippen molar-refractivity contribution in [3.8, 4) is 0 Å². The first-order valence-electron chi connectivity index (χ1n) is 8.74. The van der Waals surface area contributed by atoms with Crippen molar-refractivity contribution >= 4 is 0 Å². The van der Waals surface area contributed by atoms with Gasteiger partial charge in [0.2, 0.25) is 0 Å². The van der Waals surface area contributed by atoms with Crippen molar-refractivity contribution in [3.05, 3.63) is 0 Å². The monoisotopic (exact) mass is 284 g/mol. The zero-order valence-electron chi connectivity index (χ0n) is 14.4. The second kappa shape index (κ2) is 9.04. The Morgan fingerprint density at radius 3 is 2.20 bits per heavy atom. The molecule has 2 heteroatoms. The fourth-order valence-electron chi connectivity index (χ4n) is 3.26. The van der Waals surface area contributed by atoms with Gasteiger partial charge in [-0.05, 0) is 18.8 Å². The maximum absolute atomic E-state index is 6.19. The zero-order valence-corrected chi connectivity index (χ0v) is 14.4. The van der Waals surface area contributed by atoms with Gasteiger partial charge in [-0.2, -0.15) is 0 Å². The highest BCUT2D eigenvalue weighted by atomic mass is 16.7. The molecule has 0 radical (unpaired) electrons. The summed E-state index contributed by atoms with van der Waals surface area (Å²) in [6, 6.07) is 0. The van der Waals surface area contributed by atoms with Crippen molar-refractivity contribution in [1.29, 1.82) is 0 Å². The van der Waals surface area contributed by atoms with Crippen molar-refractivity contribution in [1.82, 2.24) is 0 Å². The molecule has 1 saturated heterocycles. The summed E-state index contributed by atoms with van der Waals surface area (Å²) in [5, 5.41) is 0. The molecule has 1 fully saturated rings. The number of hydrogen-bond acceptors (Lipinski definition) is 2. The van der Waals surface area contributed by atoms with Crippen molar-refractivity contribution in [3.63, 3.8) is 0 Å². The van der Waals surface area contributed by atoms with Crippen LogP contribution in [0.2, 0.25) is 0 Å². The molecule has 0 aliphatic carbocycles. The fraction of sp³-hybridized carbons (Fsp3) is 1.00. The minimum atomic E-state index is 0.0334. The molecule has 20 heavy (non-hydrogen) atoms. The summed E-state index contributed by atoms with van der Waals surface area (Å²) in [6.07, 6.45) is 10.9. The Bertz CT molecular complexity index is 248. The lowest BCUT2D eigenvalue weighted by Crippen LogP contribution is -2.48. The van der Waals surface area contributed by atoms with Crippen LogP contribution in [0.1, 0.15) is 86.0 Å². The quantitative estimate of drug-likeness (QED) is 0.517. The molecular weight excluding hydrogens is 248 g/mol. The SMILES string of the molecule is CCCCCCCCC[C@@H]1OCC(C)(C)[C@@H](C(C)C)O1. The number of ether oxygens (including phenoxy) is 2. The topological polar surface area (TPSA) is 18.5 Å². The van der Waals surface area contributed by atoms with Gasteiger partial charge in [-0.1, -0.05) is 73.1 Å². The van der Waals surface area contributed by atoms with E-state index >= 15 is 0 Å². The lowest BCUT2D eigenvalue weighted by Gasteiger charge is -2.44. The van der Waals surface area contributed by atoms with Crippen LogP contribution in [-0.4, -0.2) is 19.0 Å². The molecule has 0 aromatic carbocycles. The zero-order chi connectivity index (χ0) is 15.0. The number of unbranched alkanes of at least 4 members (excludes halogenated alkanes) is 6. The van der Waals surface area contributed by atoms with Crippen molar-refractivity contribution in [2.75, 3.05) is 6.61 Å². The van der Waals surface area contributed by atoms with Gasteiger partial charge in [0.15, 0.2) is 6.29 Å². The maximum Gasteiger partial charge on any atom is 0.158 e. The number of hydrogen-bond donors (Lipinski definition) is 0. The minimum Gasteiger partial charge on any atom is -0.352 e. The van der Waals surface area contributed by atoms with E-state index in [1.807, 2.05) is 0 Å². The van der Waals surface area contributed by atoms with Crippen LogP contribution in [0.4, 0.5) is 0 Å². The normalized spacial score (nSPS) is 26.1. The lowest BCUT2D eigenvalue weighted by molar-refractivity contribution is -0.271. The highest BCUT2D eigenvalue weighted by molar-refractivity contribution is 4.84. The molecule has 1 aliphatic heterocycles. The molecule has 2 nitrogen and oxygen atoms in total. The smallest absolute Gasteiger partial charge is 0.158 e. The Hall–Kier alpha value is -0.0800. The first-order chi connectivity index (χ1) is 9.47. The van der Waals surface area contributed by atoms with E-state index in [4.69, 9.17) is 9.47 Å². The van der Waals surface area contributed by atoms with Gasteiger partial charge in [0, 0.05) is 5.41 Å². The van der Waals surface area contributed by atoms with E-state index in [9.17, 15) is 0 Å². The molecule has 0 bridgehead atoms. The lowest BCUT2D eigenvalue weighted by atomic mass is 9.80. The first-order valence-corrected chi connectivity index (χ1v) is 8.74. The third-order valence-corrected chi connectivity index (χ3v) is 4.36. The fourth-order valence-corrected chi connectivity index (χ4v) is 3.26. The highest BCUT2D eigenvalue weighted by Crippen LogP contribution is 2.35. The van der Waals surface area contributed by atoms with Crippen LogP contribution < -0.4 is 0 Å². The molecule has 0 aromatic rings. The third kappa shape index (κ3) is 6.13. The van der Waals surface area contributed by atoms with Gasteiger partial charge >= 0.3 is 0 Å². The van der Waals surface area contributed by atoms with Crippen LogP contribution in [0.5, 0.6) is 0 Å². The molecule has 1 heterocycles. The Kier molecular flexibility index (Phi) is 8.13. The van der Waals surface area contributed by atoms with Gasteiger partial charge in [-0.25, -0.2) is 0 Å². The molecule has 0 amide bonds. The van der Waals surface area contributed by atoms with E-state index in [-0.39, 0.29) is 11.7 Å². The number of rotatable bonds is 9. The van der Waals surface area contributed by atoms with Crippen LogP contribution in [-0.2, 0) is 9.47 Å². The summed E-state index contributed by atoms with van der Waals surface area (Å²) in [5.74, 6) is 0.561. The molecule has 0 saturated carbocycles. The van der Waals surface area contributed by atoms with E-state index in [1.54, 1.807) is 0 Å². The predicted molar refractivity (Wildman–Crippen MR) is 85.8 cm³/mol. The second-order valence-corrected chi connectivity index (χ2v) is 7.44. The summed E-state index contributed by atoms with van der Waals surface area (Å²) < 4.78 is 12.1. The van der Waals surface area contributed by atoms with Gasteiger partial charge in [0.05, 0.1) is 12.7 Å². The van der Waals surface area contributed by atoms with E-state index in [2.05, 4.69) is 34.6 Å². The molecule has 0 aromatic heterocycles. The molecule has 1 aliphatic rings. The molecule has 0 unspecified atom stereocenters. The Balaban J connectivity index is 2.16. The van der Waals surface area contributed by atoms with Crippen LogP contribution in [0.3, 0.4) is 0 Å². The van der Waals surface area contributed by atoms with Gasteiger partial charge in [-0.3, -0.25) is 0 Å². The van der Waals surface area contributed by atoms with Crippen molar-refractivity contribution in [2.24, 2.45) is 11.3 Å². The minimum absolute atomic E-state index is 0.0334. The van der Waals surface area contributed by atoms with Gasteiger partial charge in [0.25, 0.3) is 0 Å². The highest BCUT2D eigenvalue weighted by Gasteiger charge is 2.39. The largest absolute Gasteiger partial charge is 0.352 e. The van der Waals surface area contributed by atoms with Crippen LogP contribution in [0, 0.1) is 11.3 Å². The van der Waals surface area contributed by atoms with E-state index < -0.39 is 0 Å². The first kappa shape index (κ1) is 18.0. The van der Waals surface area contributed by atoms with Gasteiger partial charge in [0.1, 0.15) is 0 Å². The summed E-state index contributed by atoms with van der Waals surface area (Å²) in [4.78, 5) is 0. The average Bonchev–Trinajstić information content (AvgIpc) is 2.38. The summed E-state index contributed by atoms with van der Waals surface area (Å²) in [5.41, 5.74) is 0.144. The summed E-state index contributed by atoms with van der Waals surface area (Å²) in [6.45, 7) is 12.1. The molecular formula is C18H36O2. The van der Waals surface area contributed by atoms with E-state index in [0.717, 1.165) is 13.0 Å². The van der Waals surface area contributed by atoms with Crippen LogP contribution in [0.25, 0.3) is 0 Å². The summed E-state index contributed by atoms with van der Waals surface area (Å²) >= 11 is 0. The molecule has 0 N–H and O–H groups in total. The Morgan fingerprint density at radius 1 is 1.00 bits per heavy atom. The Morgan fingerprint density at radius 2 is 1.60 bits per heavy atom. The third-order valence-electron chi connectivity index (χ3n) is 4.36. The molecule has 0 spiro atoms. The van der Waals surface area contributed by atoms with Gasteiger partial charge in [-0.15, -0.1) is 0 Å². The van der Waals surface area contributed by atoms with Crippen molar-refractivity contribution in [2.45, 2.75) is 98.4 Å². The summed E-state index contributed by atoms with van der Waals surface area (Å²) in [7, 11) is 0. The van der Waals surface area contributed by atoms with Crippen molar-refractivity contribution < 1.29 is 9.47 Å². The predicted octanol–water partition coefficient (Wildman–Crippen LogP) is 5.55.